The molecule has 37 heavy (non-hydrogen) atoms. The number of rotatable bonds is 8. The molecule has 2 N–H and O–H groups in total. The van der Waals surface area contributed by atoms with Gasteiger partial charge in [0.25, 0.3) is 0 Å². The number of methoxy groups -OCH3 is 1. The summed E-state index contributed by atoms with van der Waals surface area (Å²) in [7, 11) is 1.65. The first-order valence-electron chi connectivity index (χ1n) is 12.8. The number of hydrazine groups is 1. The molecule has 1 fully saturated rings. The Morgan fingerprint density at radius 2 is 1.70 bits per heavy atom. The van der Waals surface area contributed by atoms with E-state index in [-0.39, 0.29) is 11.7 Å². The fourth-order valence-corrected chi connectivity index (χ4v) is 4.75. The lowest BCUT2D eigenvalue weighted by Gasteiger charge is -2.26. The zero-order chi connectivity index (χ0) is 25.6. The number of aryl methyl sites for hydroxylation is 1. The third-order valence-corrected chi connectivity index (χ3v) is 6.76. The van der Waals surface area contributed by atoms with E-state index >= 15 is 0 Å². The van der Waals surface area contributed by atoms with Crippen LogP contribution in [-0.4, -0.2) is 36.2 Å². The van der Waals surface area contributed by atoms with Crippen molar-refractivity contribution in [2.75, 3.05) is 20.2 Å². The monoisotopic (exact) mass is 496 g/mol. The Balaban J connectivity index is 1.35. The van der Waals surface area contributed by atoms with E-state index in [1.807, 2.05) is 71.7 Å². The minimum Gasteiger partial charge on any atom is -0.508 e. The van der Waals surface area contributed by atoms with Crippen LogP contribution < -0.4 is 14.9 Å². The van der Waals surface area contributed by atoms with Gasteiger partial charge in [-0.3, -0.25) is 10.2 Å². The SMILES string of the molecule is COc1ccc2c(Oc3ccc(CCC(=O)NN4CCCCC4)cc3)c(-c3cccc(O)c3)ccc2c1. The van der Waals surface area contributed by atoms with Crippen LogP contribution in [0.5, 0.6) is 23.0 Å². The number of nitrogens with zero attached hydrogens (tertiary/aromatic N) is 1. The maximum atomic E-state index is 12.4. The average molecular weight is 497 g/mol. The first-order chi connectivity index (χ1) is 18.1. The molecule has 0 radical (unpaired) electrons. The molecule has 1 heterocycles. The molecule has 4 aromatic carbocycles. The van der Waals surface area contributed by atoms with E-state index < -0.39 is 0 Å². The molecule has 6 heteroatoms. The Morgan fingerprint density at radius 3 is 2.46 bits per heavy atom. The smallest absolute Gasteiger partial charge is 0.234 e. The Kier molecular flexibility index (Phi) is 7.57. The number of piperidine rings is 1. The van der Waals surface area contributed by atoms with Crippen LogP contribution in [0.3, 0.4) is 0 Å². The number of phenolic OH excluding ortho intramolecular Hbond substituents is 1. The molecule has 1 aliphatic heterocycles. The fraction of sp³-hybridized carbons (Fsp3) is 0.258. The molecule has 1 amide bonds. The molecule has 4 aromatic rings. The van der Waals surface area contributed by atoms with Crippen molar-refractivity contribution in [2.45, 2.75) is 32.1 Å². The van der Waals surface area contributed by atoms with Crippen LogP contribution in [0.25, 0.3) is 21.9 Å². The second-order valence-corrected chi connectivity index (χ2v) is 9.41. The molecule has 0 aromatic heterocycles. The van der Waals surface area contributed by atoms with Crippen LogP contribution in [0.1, 0.15) is 31.2 Å². The second-order valence-electron chi connectivity index (χ2n) is 9.41. The van der Waals surface area contributed by atoms with Gasteiger partial charge >= 0.3 is 0 Å². The lowest BCUT2D eigenvalue weighted by molar-refractivity contribution is -0.126. The lowest BCUT2D eigenvalue weighted by Crippen LogP contribution is -2.45. The average Bonchev–Trinajstić information content (AvgIpc) is 2.93. The highest BCUT2D eigenvalue weighted by molar-refractivity contribution is 5.96. The van der Waals surface area contributed by atoms with Crippen LogP contribution in [0.15, 0.2) is 78.9 Å². The number of benzene rings is 4. The predicted octanol–water partition coefficient (Wildman–Crippen LogP) is 6.46. The predicted molar refractivity (Wildman–Crippen MR) is 146 cm³/mol. The third-order valence-electron chi connectivity index (χ3n) is 6.76. The van der Waals surface area contributed by atoms with E-state index in [1.165, 1.54) is 6.42 Å². The highest BCUT2D eigenvalue weighted by Crippen LogP contribution is 2.41. The number of phenols is 1. The molecule has 0 spiro atoms. The molecule has 1 aliphatic rings. The normalized spacial score (nSPS) is 13.9. The van der Waals surface area contributed by atoms with Crippen molar-refractivity contribution in [3.8, 4) is 34.1 Å². The third kappa shape index (κ3) is 6.04. The van der Waals surface area contributed by atoms with Gasteiger partial charge in [-0.25, -0.2) is 5.01 Å². The maximum absolute atomic E-state index is 12.4. The van der Waals surface area contributed by atoms with Gasteiger partial charge in [-0.15, -0.1) is 0 Å². The van der Waals surface area contributed by atoms with Gasteiger partial charge in [-0.2, -0.15) is 0 Å². The quantitative estimate of drug-likeness (QED) is 0.293. The summed E-state index contributed by atoms with van der Waals surface area (Å²) in [5.74, 6) is 2.44. The molecular formula is C31H32N2O4. The van der Waals surface area contributed by atoms with Crippen LogP contribution in [0.2, 0.25) is 0 Å². The first-order valence-corrected chi connectivity index (χ1v) is 12.8. The zero-order valence-corrected chi connectivity index (χ0v) is 21.1. The van der Waals surface area contributed by atoms with E-state index in [0.717, 1.165) is 59.1 Å². The summed E-state index contributed by atoms with van der Waals surface area (Å²) in [5, 5.41) is 14.0. The van der Waals surface area contributed by atoms with E-state index in [4.69, 9.17) is 9.47 Å². The minimum absolute atomic E-state index is 0.0594. The Bertz CT molecular complexity index is 1380. The zero-order valence-electron chi connectivity index (χ0n) is 21.1. The number of carbonyl (C=O) groups excluding carboxylic acids is 1. The van der Waals surface area contributed by atoms with Gasteiger partial charge in [0.05, 0.1) is 7.11 Å². The number of hydrogen-bond donors (Lipinski definition) is 2. The molecule has 6 nitrogen and oxygen atoms in total. The highest BCUT2D eigenvalue weighted by atomic mass is 16.5. The highest BCUT2D eigenvalue weighted by Gasteiger charge is 2.15. The number of nitrogens with one attached hydrogen (secondary N) is 1. The van der Waals surface area contributed by atoms with E-state index in [1.54, 1.807) is 19.2 Å². The molecule has 0 atom stereocenters. The minimum atomic E-state index is 0.0594. The van der Waals surface area contributed by atoms with E-state index in [2.05, 4.69) is 5.43 Å². The van der Waals surface area contributed by atoms with Gasteiger partial charge in [-0.05, 0) is 84.3 Å². The Labute approximate surface area is 217 Å². The second kappa shape index (κ2) is 11.4. The summed E-state index contributed by atoms with van der Waals surface area (Å²) >= 11 is 0. The van der Waals surface area contributed by atoms with Gasteiger partial charge in [0.15, 0.2) is 0 Å². The molecule has 0 aliphatic carbocycles. The van der Waals surface area contributed by atoms with Gasteiger partial charge in [0, 0.05) is 30.5 Å². The van der Waals surface area contributed by atoms with Crippen molar-refractivity contribution in [1.29, 1.82) is 0 Å². The number of amides is 1. The fourth-order valence-electron chi connectivity index (χ4n) is 4.75. The largest absolute Gasteiger partial charge is 0.508 e. The van der Waals surface area contributed by atoms with Crippen molar-refractivity contribution in [2.24, 2.45) is 0 Å². The number of fused-ring (bicyclic) bond motifs is 1. The molecule has 0 saturated carbocycles. The maximum Gasteiger partial charge on any atom is 0.234 e. The number of ether oxygens (including phenoxy) is 2. The van der Waals surface area contributed by atoms with Crippen molar-refractivity contribution in [3.05, 3.63) is 84.4 Å². The lowest BCUT2D eigenvalue weighted by atomic mass is 9.99. The molecule has 0 bridgehead atoms. The summed E-state index contributed by atoms with van der Waals surface area (Å²) in [4.78, 5) is 12.4. The van der Waals surface area contributed by atoms with E-state index in [9.17, 15) is 9.90 Å². The summed E-state index contributed by atoms with van der Waals surface area (Å²) in [6, 6.07) is 25.0. The Morgan fingerprint density at radius 1 is 0.919 bits per heavy atom. The number of carbonyl (C=O) groups is 1. The molecular weight excluding hydrogens is 464 g/mol. The van der Waals surface area contributed by atoms with Crippen molar-refractivity contribution in [1.82, 2.24) is 10.4 Å². The van der Waals surface area contributed by atoms with Crippen LogP contribution in [-0.2, 0) is 11.2 Å². The Hall–Kier alpha value is -4.03. The summed E-state index contributed by atoms with van der Waals surface area (Å²) in [6.45, 7) is 1.87. The van der Waals surface area contributed by atoms with Crippen molar-refractivity contribution >= 4 is 16.7 Å². The van der Waals surface area contributed by atoms with Crippen LogP contribution in [0.4, 0.5) is 0 Å². The number of hydrogen-bond acceptors (Lipinski definition) is 5. The standard InChI is InChI=1S/C31H32N2O4/c1-36-27-14-16-29-24(21-27)11-15-28(23-6-5-7-25(34)20-23)31(29)37-26-12-8-22(9-13-26)10-17-30(35)32-33-18-3-2-4-19-33/h5-9,11-16,20-21,34H,2-4,10,17-19H2,1H3,(H,32,35). The topological polar surface area (TPSA) is 71.0 Å². The van der Waals surface area contributed by atoms with Crippen LogP contribution >= 0.6 is 0 Å². The van der Waals surface area contributed by atoms with E-state index in [0.29, 0.717) is 24.3 Å². The molecule has 1 saturated heterocycles. The van der Waals surface area contributed by atoms with Gasteiger partial charge < -0.3 is 14.6 Å². The van der Waals surface area contributed by atoms with Gasteiger partial charge in [0.2, 0.25) is 5.91 Å². The molecule has 5 rings (SSSR count). The molecule has 0 unspecified atom stereocenters. The number of aromatic hydroxyl groups is 1. The van der Waals surface area contributed by atoms with Gasteiger partial charge in [-0.1, -0.05) is 36.8 Å². The molecule has 190 valence electrons. The summed E-state index contributed by atoms with van der Waals surface area (Å²) < 4.78 is 11.9. The summed E-state index contributed by atoms with van der Waals surface area (Å²) in [6.07, 6.45) is 4.63. The van der Waals surface area contributed by atoms with Gasteiger partial charge in [0.1, 0.15) is 23.0 Å². The van der Waals surface area contributed by atoms with Crippen LogP contribution in [0, 0.1) is 0 Å². The van der Waals surface area contributed by atoms with Crippen molar-refractivity contribution in [3.63, 3.8) is 0 Å². The first kappa shape index (κ1) is 24.7. The van der Waals surface area contributed by atoms with Crippen molar-refractivity contribution < 1.29 is 19.4 Å². The summed E-state index contributed by atoms with van der Waals surface area (Å²) in [5.41, 5.74) is 5.85.